The third-order valence-electron chi connectivity index (χ3n) is 4.89. The van der Waals surface area contributed by atoms with Crippen LogP contribution in [0.3, 0.4) is 0 Å². The molecule has 10 heteroatoms. The Labute approximate surface area is 203 Å². The molecule has 0 aromatic heterocycles. The fourth-order valence-electron chi connectivity index (χ4n) is 3.12. The van der Waals surface area contributed by atoms with E-state index in [9.17, 15) is 18.3 Å². The number of rotatable bonds is 9. The number of aromatic hydroxyl groups is 1. The molecule has 0 saturated heterocycles. The van der Waals surface area contributed by atoms with Crippen molar-refractivity contribution in [2.45, 2.75) is 24.3 Å². The van der Waals surface area contributed by atoms with Gasteiger partial charge in [-0.25, -0.2) is 18.6 Å². The molecule has 0 bridgehead atoms. The zero-order valence-electron chi connectivity index (χ0n) is 18.5. The highest BCUT2D eigenvalue weighted by atomic mass is 35.5. The molecule has 0 spiro atoms. The van der Waals surface area contributed by atoms with Crippen molar-refractivity contribution in [1.82, 2.24) is 10.1 Å². The molecule has 1 atom stereocenters. The van der Waals surface area contributed by atoms with Gasteiger partial charge in [0.25, 0.3) is 0 Å². The molecule has 3 aromatic rings. The maximum atomic E-state index is 12.9. The Morgan fingerprint density at radius 2 is 1.82 bits per heavy atom. The number of hydrogen-bond acceptors (Lipinski definition) is 6. The molecule has 8 nitrogen and oxygen atoms in total. The van der Waals surface area contributed by atoms with Gasteiger partial charge in [-0.15, -0.1) is 0 Å². The smallest absolute Gasteiger partial charge is 0.242 e. The topological polar surface area (TPSA) is 117 Å². The van der Waals surface area contributed by atoms with Gasteiger partial charge in [-0.1, -0.05) is 59.6 Å². The number of carbonyl (C=O) groups is 1. The maximum Gasteiger partial charge on any atom is 0.242 e. The molecule has 0 heterocycles. The number of hydrazone groups is 1. The monoisotopic (exact) mass is 501 g/mol. The SMILES string of the molecule is COc1cc(/C=N\NC(=O)C[C@@H](NS(=O)(=O)c2ccc(C)cc2)c2ccccc2)cc(Cl)c1O. The standard InChI is InChI=1S/C24H24ClN3O5S/c1-16-8-10-19(11-9-16)34(31,32)28-21(18-6-4-3-5-7-18)14-23(29)27-26-15-17-12-20(25)24(30)22(13-17)33-2/h3-13,15,21,28,30H,14H2,1-2H3,(H,27,29)/b26-15-/t21-/m1/s1. The number of nitrogens with one attached hydrogen (secondary N) is 2. The summed E-state index contributed by atoms with van der Waals surface area (Å²) in [4.78, 5) is 12.7. The van der Waals surface area contributed by atoms with E-state index in [-0.39, 0.29) is 27.8 Å². The van der Waals surface area contributed by atoms with Gasteiger partial charge in [0, 0.05) is 6.42 Å². The Hall–Kier alpha value is -3.40. The molecule has 3 N–H and O–H groups in total. The number of benzene rings is 3. The molecular weight excluding hydrogens is 478 g/mol. The van der Waals surface area contributed by atoms with Gasteiger partial charge in [0.15, 0.2) is 11.5 Å². The van der Waals surface area contributed by atoms with E-state index < -0.39 is 22.0 Å². The number of phenolic OH excluding ortho intramolecular Hbond substituents is 1. The van der Waals surface area contributed by atoms with Crippen LogP contribution in [-0.4, -0.2) is 32.8 Å². The molecule has 0 fully saturated rings. The first-order chi connectivity index (χ1) is 16.2. The van der Waals surface area contributed by atoms with Gasteiger partial charge in [-0.3, -0.25) is 4.79 Å². The van der Waals surface area contributed by atoms with E-state index >= 15 is 0 Å². The normalized spacial score (nSPS) is 12.4. The van der Waals surface area contributed by atoms with Crippen LogP contribution in [0.1, 0.15) is 29.2 Å². The number of carbonyl (C=O) groups excluding carboxylic acids is 1. The van der Waals surface area contributed by atoms with E-state index in [1.807, 2.05) is 6.92 Å². The second-order valence-corrected chi connectivity index (χ2v) is 9.57. The Morgan fingerprint density at radius 3 is 2.47 bits per heavy atom. The van der Waals surface area contributed by atoms with Crippen LogP contribution >= 0.6 is 11.6 Å². The quantitative estimate of drug-likeness (QED) is 0.303. The number of phenols is 1. The third-order valence-corrected chi connectivity index (χ3v) is 6.67. The van der Waals surface area contributed by atoms with Crippen LogP contribution in [0, 0.1) is 6.92 Å². The van der Waals surface area contributed by atoms with Crippen molar-refractivity contribution < 1.29 is 23.1 Å². The summed E-state index contributed by atoms with van der Waals surface area (Å²) in [6.07, 6.45) is 1.14. The van der Waals surface area contributed by atoms with Crippen LogP contribution in [0.2, 0.25) is 5.02 Å². The van der Waals surface area contributed by atoms with Crippen LogP contribution < -0.4 is 14.9 Å². The predicted octanol–water partition coefficient (Wildman–Crippen LogP) is 3.92. The van der Waals surface area contributed by atoms with E-state index in [0.717, 1.165) is 5.56 Å². The second-order valence-electron chi connectivity index (χ2n) is 7.45. The Kier molecular flexibility index (Phi) is 8.27. The number of amides is 1. The summed E-state index contributed by atoms with van der Waals surface area (Å²) in [5, 5.41) is 13.8. The van der Waals surface area contributed by atoms with Crippen molar-refractivity contribution >= 4 is 33.7 Å². The Bertz CT molecular complexity index is 1280. The van der Waals surface area contributed by atoms with E-state index in [2.05, 4.69) is 15.2 Å². The summed E-state index contributed by atoms with van der Waals surface area (Å²) >= 11 is 5.95. The zero-order chi connectivity index (χ0) is 24.7. The molecule has 0 radical (unpaired) electrons. The minimum Gasteiger partial charge on any atom is -0.503 e. The summed E-state index contributed by atoms with van der Waals surface area (Å²) in [6.45, 7) is 1.86. The largest absolute Gasteiger partial charge is 0.503 e. The molecule has 1 amide bonds. The molecule has 3 rings (SSSR count). The Balaban J connectivity index is 1.74. The van der Waals surface area contributed by atoms with Crippen molar-refractivity contribution in [3.8, 4) is 11.5 Å². The molecule has 0 aliphatic carbocycles. The van der Waals surface area contributed by atoms with Crippen LogP contribution in [0.15, 0.2) is 76.7 Å². The minimum atomic E-state index is -3.87. The summed E-state index contributed by atoms with van der Waals surface area (Å²) in [5.41, 5.74) is 4.44. The van der Waals surface area contributed by atoms with E-state index in [4.69, 9.17) is 16.3 Å². The second kappa shape index (κ2) is 11.1. The van der Waals surface area contributed by atoms with Gasteiger partial charge in [0.2, 0.25) is 15.9 Å². The van der Waals surface area contributed by atoms with Gasteiger partial charge in [0.1, 0.15) is 0 Å². The first-order valence-corrected chi connectivity index (χ1v) is 12.1. The van der Waals surface area contributed by atoms with Gasteiger partial charge in [0.05, 0.1) is 29.3 Å². The molecule has 0 aliphatic heterocycles. The number of ether oxygens (including phenoxy) is 1. The van der Waals surface area contributed by atoms with Crippen molar-refractivity contribution in [2.75, 3.05) is 7.11 Å². The van der Waals surface area contributed by atoms with E-state index in [1.54, 1.807) is 42.5 Å². The molecular formula is C24H24ClN3O5S. The summed E-state index contributed by atoms with van der Waals surface area (Å²) < 4.78 is 33.5. The summed E-state index contributed by atoms with van der Waals surface area (Å²) in [5.74, 6) is -0.541. The number of nitrogens with zero attached hydrogens (tertiary/aromatic N) is 1. The molecule has 3 aromatic carbocycles. The maximum absolute atomic E-state index is 12.9. The molecule has 34 heavy (non-hydrogen) atoms. The predicted molar refractivity (Wildman–Crippen MR) is 131 cm³/mol. The lowest BCUT2D eigenvalue weighted by Gasteiger charge is -2.18. The van der Waals surface area contributed by atoms with Crippen molar-refractivity contribution in [3.63, 3.8) is 0 Å². The number of sulfonamides is 1. The number of aryl methyl sites for hydroxylation is 1. The highest BCUT2D eigenvalue weighted by Gasteiger charge is 2.23. The molecule has 0 saturated carbocycles. The third kappa shape index (κ3) is 6.57. The van der Waals surface area contributed by atoms with Crippen LogP contribution in [-0.2, 0) is 14.8 Å². The lowest BCUT2D eigenvalue weighted by molar-refractivity contribution is -0.121. The lowest BCUT2D eigenvalue weighted by Crippen LogP contribution is -2.32. The van der Waals surface area contributed by atoms with E-state index in [1.165, 1.54) is 37.6 Å². The van der Waals surface area contributed by atoms with Crippen LogP contribution in [0.25, 0.3) is 0 Å². The van der Waals surface area contributed by atoms with Crippen molar-refractivity contribution in [2.24, 2.45) is 5.10 Å². The first-order valence-electron chi connectivity index (χ1n) is 10.2. The lowest BCUT2D eigenvalue weighted by atomic mass is 10.0. The fourth-order valence-corrected chi connectivity index (χ4v) is 4.56. The summed E-state index contributed by atoms with van der Waals surface area (Å²) in [7, 11) is -2.49. The number of hydrogen-bond donors (Lipinski definition) is 3. The Morgan fingerprint density at radius 1 is 1.15 bits per heavy atom. The molecule has 178 valence electrons. The molecule has 0 aliphatic rings. The summed E-state index contributed by atoms with van der Waals surface area (Å²) in [6, 6.07) is 17.4. The van der Waals surface area contributed by atoms with Gasteiger partial charge >= 0.3 is 0 Å². The first kappa shape index (κ1) is 25.2. The molecule has 0 unspecified atom stereocenters. The number of methoxy groups -OCH3 is 1. The van der Waals surface area contributed by atoms with E-state index in [0.29, 0.717) is 11.1 Å². The van der Waals surface area contributed by atoms with Crippen molar-refractivity contribution in [3.05, 3.63) is 88.4 Å². The van der Waals surface area contributed by atoms with Gasteiger partial charge in [-0.05, 0) is 42.3 Å². The van der Waals surface area contributed by atoms with Gasteiger partial charge < -0.3 is 9.84 Å². The minimum absolute atomic E-state index is 0.0711. The number of halogens is 1. The van der Waals surface area contributed by atoms with Crippen LogP contribution in [0.5, 0.6) is 11.5 Å². The van der Waals surface area contributed by atoms with Crippen molar-refractivity contribution in [1.29, 1.82) is 0 Å². The van der Waals surface area contributed by atoms with Gasteiger partial charge in [-0.2, -0.15) is 5.10 Å². The highest BCUT2D eigenvalue weighted by Crippen LogP contribution is 2.34. The van der Waals surface area contributed by atoms with Crippen LogP contribution in [0.4, 0.5) is 0 Å². The highest BCUT2D eigenvalue weighted by molar-refractivity contribution is 7.89. The zero-order valence-corrected chi connectivity index (χ0v) is 20.1. The average molecular weight is 502 g/mol. The fraction of sp³-hybridized carbons (Fsp3) is 0.167. The average Bonchev–Trinajstić information content (AvgIpc) is 2.81.